The van der Waals surface area contributed by atoms with E-state index in [2.05, 4.69) is 17.0 Å². The molecule has 2 rings (SSSR count). The van der Waals surface area contributed by atoms with E-state index in [4.69, 9.17) is 4.74 Å². The summed E-state index contributed by atoms with van der Waals surface area (Å²) in [5, 5.41) is 4.38. The number of carbonyl (C=O) groups is 1. The van der Waals surface area contributed by atoms with Gasteiger partial charge < -0.3 is 4.74 Å². The van der Waals surface area contributed by atoms with Crippen molar-refractivity contribution >= 4 is 5.91 Å². The van der Waals surface area contributed by atoms with Crippen molar-refractivity contribution in [3.63, 3.8) is 0 Å². The third-order valence-corrected chi connectivity index (χ3v) is 4.27. The predicted molar refractivity (Wildman–Crippen MR) is 99.9 cm³/mol. The minimum absolute atomic E-state index is 0.000286. The molecule has 1 atom stereocenters. The first-order chi connectivity index (χ1) is 12.0. The molecule has 0 aliphatic heterocycles. The Hall–Kier alpha value is -2.17. The SMILES string of the molecule is CCCCC(CC)C(=O)n1nc(OC(C)C)nc1-c1ccccc1C. The van der Waals surface area contributed by atoms with E-state index in [1.54, 1.807) is 0 Å². The molecule has 25 heavy (non-hydrogen) atoms. The quantitative estimate of drug-likeness (QED) is 0.684. The first-order valence-corrected chi connectivity index (χ1v) is 9.21. The Bertz CT molecular complexity index is 707. The van der Waals surface area contributed by atoms with E-state index < -0.39 is 0 Å². The van der Waals surface area contributed by atoms with E-state index in [0.717, 1.165) is 36.8 Å². The molecule has 0 saturated carbocycles. The van der Waals surface area contributed by atoms with Gasteiger partial charge in [-0.15, -0.1) is 5.10 Å². The van der Waals surface area contributed by atoms with Crippen LogP contribution in [0.5, 0.6) is 6.01 Å². The monoisotopic (exact) mass is 343 g/mol. The van der Waals surface area contributed by atoms with Crippen LogP contribution in [0.4, 0.5) is 0 Å². The van der Waals surface area contributed by atoms with Crippen LogP contribution in [-0.4, -0.2) is 26.8 Å². The lowest BCUT2D eigenvalue weighted by Crippen LogP contribution is -2.23. The zero-order valence-corrected chi connectivity index (χ0v) is 16.0. The van der Waals surface area contributed by atoms with E-state index in [1.165, 1.54) is 4.68 Å². The van der Waals surface area contributed by atoms with Crippen LogP contribution in [0.15, 0.2) is 24.3 Å². The van der Waals surface area contributed by atoms with Crippen LogP contribution >= 0.6 is 0 Å². The Morgan fingerprint density at radius 3 is 2.56 bits per heavy atom. The van der Waals surface area contributed by atoms with Crippen LogP contribution in [0.25, 0.3) is 11.4 Å². The topological polar surface area (TPSA) is 57.0 Å². The highest BCUT2D eigenvalue weighted by Gasteiger charge is 2.25. The second-order valence-corrected chi connectivity index (χ2v) is 6.70. The van der Waals surface area contributed by atoms with Gasteiger partial charge in [0.15, 0.2) is 5.82 Å². The molecule has 0 aliphatic carbocycles. The fourth-order valence-electron chi connectivity index (χ4n) is 2.83. The molecule has 0 saturated heterocycles. The van der Waals surface area contributed by atoms with Gasteiger partial charge in [0.1, 0.15) is 0 Å². The number of unbranched alkanes of at least 4 members (excludes halogenated alkanes) is 1. The smallest absolute Gasteiger partial charge is 0.336 e. The minimum Gasteiger partial charge on any atom is -0.460 e. The summed E-state index contributed by atoms with van der Waals surface area (Å²) < 4.78 is 7.09. The molecule has 136 valence electrons. The molecule has 0 bridgehead atoms. The average molecular weight is 343 g/mol. The number of hydrogen-bond donors (Lipinski definition) is 0. The zero-order chi connectivity index (χ0) is 18.4. The molecule has 0 aliphatic rings. The van der Waals surface area contributed by atoms with Gasteiger partial charge in [0.05, 0.1) is 6.10 Å². The summed E-state index contributed by atoms with van der Waals surface area (Å²) in [6.45, 7) is 10.0. The molecule has 1 heterocycles. The lowest BCUT2D eigenvalue weighted by Gasteiger charge is -2.14. The van der Waals surface area contributed by atoms with Crippen molar-refractivity contribution in [1.82, 2.24) is 14.8 Å². The Balaban J connectivity index is 2.46. The third kappa shape index (κ3) is 4.68. The Morgan fingerprint density at radius 1 is 1.24 bits per heavy atom. The number of benzene rings is 1. The van der Waals surface area contributed by atoms with Crippen LogP contribution in [0, 0.1) is 12.8 Å². The van der Waals surface area contributed by atoms with Crippen molar-refractivity contribution < 1.29 is 9.53 Å². The number of nitrogens with zero attached hydrogens (tertiary/aromatic N) is 3. The van der Waals surface area contributed by atoms with Gasteiger partial charge in [-0.25, -0.2) is 0 Å². The highest BCUT2D eigenvalue weighted by molar-refractivity contribution is 5.84. The largest absolute Gasteiger partial charge is 0.460 e. The summed E-state index contributed by atoms with van der Waals surface area (Å²) in [7, 11) is 0. The van der Waals surface area contributed by atoms with Crippen molar-refractivity contribution in [2.45, 2.75) is 66.4 Å². The number of aromatic nitrogens is 3. The molecule has 0 radical (unpaired) electrons. The lowest BCUT2D eigenvalue weighted by atomic mass is 9.98. The highest BCUT2D eigenvalue weighted by atomic mass is 16.5. The standard InChI is InChI=1S/C20H29N3O2/c1-6-8-12-16(7-2)19(24)23-18(17-13-10-9-11-15(17)5)21-20(22-23)25-14(3)4/h9-11,13-14,16H,6-8,12H2,1-5H3. The molecule has 1 aromatic heterocycles. The normalized spacial score (nSPS) is 12.4. The number of hydrogen-bond acceptors (Lipinski definition) is 4. The second kappa shape index (κ2) is 8.79. The van der Waals surface area contributed by atoms with Crippen molar-refractivity contribution in [2.24, 2.45) is 5.92 Å². The van der Waals surface area contributed by atoms with Crippen LogP contribution in [0.1, 0.15) is 63.7 Å². The van der Waals surface area contributed by atoms with Crippen LogP contribution in [0.3, 0.4) is 0 Å². The zero-order valence-electron chi connectivity index (χ0n) is 16.0. The van der Waals surface area contributed by atoms with Gasteiger partial charge in [-0.3, -0.25) is 4.79 Å². The minimum atomic E-state index is -0.0451. The molecule has 0 amide bonds. The summed E-state index contributed by atoms with van der Waals surface area (Å²) in [5.74, 6) is 0.519. The van der Waals surface area contributed by atoms with E-state index in [9.17, 15) is 4.79 Å². The number of ether oxygens (including phenoxy) is 1. The average Bonchev–Trinajstić information content (AvgIpc) is 2.98. The summed E-state index contributed by atoms with van der Waals surface area (Å²) in [5.41, 5.74) is 1.97. The maximum Gasteiger partial charge on any atom is 0.336 e. The number of carbonyl (C=O) groups excluding carboxylic acids is 1. The van der Waals surface area contributed by atoms with Crippen molar-refractivity contribution in [2.75, 3.05) is 0 Å². The van der Waals surface area contributed by atoms with Gasteiger partial charge >= 0.3 is 6.01 Å². The molecule has 2 aromatic rings. The van der Waals surface area contributed by atoms with Gasteiger partial charge in [-0.05, 0) is 39.2 Å². The summed E-state index contributed by atoms with van der Waals surface area (Å²) in [6, 6.07) is 8.16. The summed E-state index contributed by atoms with van der Waals surface area (Å²) in [4.78, 5) is 17.6. The predicted octanol–water partition coefficient (Wildman–Crippen LogP) is 4.90. The maximum absolute atomic E-state index is 13.1. The van der Waals surface area contributed by atoms with Gasteiger partial charge in [0.2, 0.25) is 0 Å². The third-order valence-electron chi connectivity index (χ3n) is 4.27. The molecule has 0 fully saturated rings. The summed E-state index contributed by atoms with van der Waals surface area (Å²) >= 11 is 0. The van der Waals surface area contributed by atoms with Crippen molar-refractivity contribution in [3.05, 3.63) is 29.8 Å². The molecule has 5 nitrogen and oxygen atoms in total. The van der Waals surface area contributed by atoms with Crippen LogP contribution in [-0.2, 0) is 0 Å². The first-order valence-electron chi connectivity index (χ1n) is 9.21. The van der Waals surface area contributed by atoms with Crippen LogP contribution < -0.4 is 4.74 Å². The van der Waals surface area contributed by atoms with Crippen molar-refractivity contribution in [3.8, 4) is 17.4 Å². The molecular weight excluding hydrogens is 314 g/mol. The van der Waals surface area contributed by atoms with Gasteiger partial charge in [0, 0.05) is 11.5 Å². The molecule has 0 N–H and O–H groups in total. The second-order valence-electron chi connectivity index (χ2n) is 6.70. The first kappa shape index (κ1) is 19.2. The van der Waals surface area contributed by atoms with Gasteiger partial charge in [-0.2, -0.15) is 9.67 Å². The van der Waals surface area contributed by atoms with E-state index in [0.29, 0.717) is 5.82 Å². The maximum atomic E-state index is 13.1. The highest BCUT2D eigenvalue weighted by Crippen LogP contribution is 2.26. The lowest BCUT2D eigenvalue weighted by molar-refractivity contribution is 0.0803. The fraction of sp³-hybridized carbons (Fsp3) is 0.550. The van der Waals surface area contributed by atoms with E-state index in [1.807, 2.05) is 52.0 Å². The Morgan fingerprint density at radius 2 is 1.96 bits per heavy atom. The van der Waals surface area contributed by atoms with E-state index >= 15 is 0 Å². The van der Waals surface area contributed by atoms with Gasteiger partial charge in [0.25, 0.3) is 5.91 Å². The van der Waals surface area contributed by atoms with Crippen LogP contribution in [0.2, 0.25) is 0 Å². The summed E-state index contributed by atoms with van der Waals surface area (Å²) in [6.07, 6.45) is 3.74. The Kier molecular flexibility index (Phi) is 6.73. The Labute approximate surface area is 150 Å². The molecule has 1 unspecified atom stereocenters. The van der Waals surface area contributed by atoms with E-state index in [-0.39, 0.29) is 23.9 Å². The molecular formula is C20H29N3O2. The number of aryl methyl sites for hydroxylation is 1. The van der Waals surface area contributed by atoms with Crippen molar-refractivity contribution in [1.29, 1.82) is 0 Å². The molecule has 5 heteroatoms. The molecule has 1 aromatic carbocycles. The van der Waals surface area contributed by atoms with Gasteiger partial charge in [-0.1, -0.05) is 51.0 Å². The fourth-order valence-corrected chi connectivity index (χ4v) is 2.83. The molecule has 0 spiro atoms. The number of rotatable bonds is 8.